The van der Waals surface area contributed by atoms with Crippen molar-refractivity contribution in [3.05, 3.63) is 87.9 Å². The molecule has 0 aliphatic rings. The van der Waals surface area contributed by atoms with Crippen molar-refractivity contribution in [1.29, 1.82) is 0 Å². The second-order valence-electron chi connectivity index (χ2n) is 5.09. The van der Waals surface area contributed by atoms with Gasteiger partial charge in [-0.2, -0.15) is 0 Å². The molecular weight excluding hydrogens is 411 g/mol. The zero-order chi connectivity index (χ0) is 19.1. The summed E-state index contributed by atoms with van der Waals surface area (Å²) in [6, 6.07) is 23.5. The van der Waals surface area contributed by atoms with E-state index in [1.807, 2.05) is 72.8 Å². The molecule has 0 atom stereocenters. The highest BCUT2D eigenvalue weighted by atomic mass is 35.5. The van der Waals surface area contributed by atoms with Gasteiger partial charge in [-0.1, -0.05) is 71.2 Å². The minimum absolute atomic E-state index is 0.445. The molecule has 0 amide bonds. The number of rotatable bonds is 3. The number of benzene rings is 3. The highest BCUT2D eigenvalue weighted by molar-refractivity contribution is 7.97. The summed E-state index contributed by atoms with van der Waals surface area (Å²) in [5.74, 6) is -1.08. The molecule has 0 aromatic heterocycles. The Labute approximate surface area is 170 Å². The van der Waals surface area contributed by atoms with E-state index in [0.717, 1.165) is 21.6 Å². The third-order valence-electron chi connectivity index (χ3n) is 3.17. The summed E-state index contributed by atoms with van der Waals surface area (Å²) < 4.78 is 0. The van der Waals surface area contributed by atoms with E-state index in [2.05, 4.69) is 0 Å². The zero-order valence-corrected chi connectivity index (χ0v) is 16.9. The molecule has 0 aliphatic heterocycles. The summed E-state index contributed by atoms with van der Waals surface area (Å²) in [5.41, 5.74) is 0. The zero-order valence-electron chi connectivity index (χ0n) is 13.8. The van der Waals surface area contributed by atoms with Crippen molar-refractivity contribution in [2.75, 3.05) is 0 Å². The molecular formula is C20H15Cl3O2S. The molecule has 0 radical (unpaired) electrons. The van der Waals surface area contributed by atoms with Crippen LogP contribution in [0.1, 0.15) is 6.92 Å². The van der Waals surface area contributed by atoms with Crippen LogP contribution in [0.3, 0.4) is 0 Å². The van der Waals surface area contributed by atoms with E-state index in [1.54, 1.807) is 0 Å². The molecule has 0 spiro atoms. The highest BCUT2D eigenvalue weighted by Gasteiger charge is 2.34. The molecule has 0 aliphatic carbocycles. The van der Waals surface area contributed by atoms with Crippen LogP contribution in [0.15, 0.2) is 87.5 Å². The molecule has 26 heavy (non-hydrogen) atoms. The molecule has 0 N–H and O–H groups in total. The van der Waals surface area contributed by atoms with E-state index in [4.69, 9.17) is 44.7 Å². The fourth-order valence-corrected chi connectivity index (χ4v) is 5.43. The standard InChI is InChI=1S/C18H12Cl3S.C2H4O2/c19-13-7-1-4-10-16(13)22(17-11-5-2-8-14(17)20)18-12-6-3-9-15(18)21;1-2(3)4/h1-12H;1H3,(H,3,4)/q+1;/p-1. The molecule has 2 nitrogen and oxygen atoms in total. The number of carbonyl (C=O) groups excluding carboxylic acids is 1. The second-order valence-corrected chi connectivity index (χ2v) is 8.24. The van der Waals surface area contributed by atoms with Gasteiger partial charge in [-0.3, -0.25) is 0 Å². The van der Waals surface area contributed by atoms with E-state index >= 15 is 0 Å². The number of hydrogen-bond donors (Lipinski definition) is 0. The Balaban J connectivity index is 0.000000552. The monoisotopic (exact) mass is 424 g/mol. The van der Waals surface area contributed by atoms with Crippen molar-refractivity contribution < 1.29 is 9.90 Å². The highest BCUT2D eigenvalue weighted by Crippen LogP contribution is 2.40. The maximum Gasteiger partial charge on any atom is 0.185 e. The first-order valence-electron chi connectivity index (χ1n) is 7.57. The lowest BCUT2D eigenvalue weighted by molar-refractivity contribution is -0.302. The maximum absolute atomic E-state index is 8.89. The van der Waals surface area contributed by atoms with Crippen LogP contribution in [0.25, 0.3) is 0 Å². The van der Waals surface area contributed by atoms with E-state index in [1.165, 1.54) is 0 Å². The number of aliphatic carboxylic acids is 1. The van der Waals surface area contributed by atoms with Gasteiger partial charge in [0.1, 0.15) is 10.9 Å². The number of halogens is 3. The van der Waals surface area contributed by atoms with Gasteiger partial charge in [0.2, 0.25) is 0 Å². The van der Waals surface area contributed by atoms with E-state index in [0.29, 0.717) is 15.1 Å². The summed E-state index contributed by atoms with van der Waals surface area (Å²) in [6.07, 6.45) is 0. The van der Waals surface area contributed by atoms with Crippen molar-refractivity contribution in [2.24, 2.45) is 0 Å². The van der Waals surface area contributed by atoms with Crippen molar-refractivity contribution in [1.82, 2.24) is 0 Å². The lowest BCUT2D eigenvalue weighted by Crippen LogP contribution is -2.16. The molecule has 0 fully saturated rings. The number of hydrogen-bond acceptors (Lipinski definition) is 2. The van der Waals surface area contributed by atoms with Gasteiger partial charge in [0.05, 0.1) is 15.1 Å². The largest absolute Gasteiger partial charge is 0.550 e. The van der Waals surface area contributed by atoms with Gasteiger partial charge in [-0.25, -0.2) is 0 Å². The van der Waals surface area contributed by atoms with Gasteiger partial charge in [-0.05, 0) is 43.3 Å². The Kier molecular flexibility index (Phi) is 7.85. The predicted molar refractivity (Wildman–Crippen MR) is 107 cm³/mol. The van der Waals surface area contributed by atoms with E-state index < -0.39 is 16.9 Å². The third-order valence-corrected chi connectivity index (χ3v) is 6.88. The van der Waals surface area contributed by atoms with E-state index in [9.17, 15) is 0 Å². The molecule has 0 saturated carbocycles. The van der Waals surface area contributed by atoms with Gasteiger partial charge < -0.3 is 9.90 Å². The van der Waals surface area contributed by atoms with Crippen LogP contribution in [0, 0.1) is 0 Å². The van der Waals surface area contributed by atoms with Crippen LogP contribution in [-0.2, 0) is 15.7 Å². The normalized spacial score (nSPS) is 10.2. The molecule has 0 unspecified atom stereocenters. The lowest BCUT2D eigenvalue weighted by atomic mass is 10.3. The summed E-state index contributed by atoms with van der Waals surface area (Å²) in [7, 11) is -0.445. The molecule has 3 rings (SSSR count). The van der Waals surface area contributed by atoms with Crippen LogP contribution in [0.2, 0.25) is 15.1 Å². The molecule has 6 heteroatoms. The Hall–Kier alpha value is -1.65. The van der Waals surface area contributed by atoms with Crippen LogP contribution in [-0.4, -0.2) is 5.97 Å². The van der Waals surface area contributed by atoms with Crippen LogP contribution in [0.5, 0.6) is 0 Å². The number of carbonyl (C=O) groups is 1. The first-order chi connectivity index (χ1) is 12.4. The molecule has 134 valence electrons. The van der Waals surface area contributed by atoms with Gasteiger partial charge in [-0.15, -0.1) is 0 Å². The predicted octanol–water partition coefficient (Wildman–Crippen LogP) is 5.50. The Morgan fingerprint density at radius 2 is 0.923 bits per heavy atom. The summed E-state index contributed by atoms with van der Waals surface area (Å²) in [6.45, 7) is 0.972. The fraction of sp³-hybridized carbons (Fsp3) is 0.0500. The molecule has 0 heterocycles. The van der Waals surface area contributed by atoms with Gasteiger partial charge in [0.15, 0.2) is 14.7 Å². The topological polar surface area (TPSA) is 40.1 Å². The second kappa shape index (κ2) is 9.89. The molecule has 0 saturated heterocycles. The van der Waals surface area contributed by atoms with Crippen molar-refractivity contribution in [3.8, 4) is 0 Å². The van der Waals surface area contributed by atoms with Crippen LogP contribution < -0.4 is 5.11 Å². The van der Waals surface area contributed by atoms with Crippen molar-refractivity contribution in [2.45, 2.75) is 21.6 Å². The summed E-state index contributed by atoms with van der Waals surface area (Å²) in [5, 5.41) is 11.0. The minimum atomic E-state index is -1.08. The van der Waals surface area contributed by atoms with Gasteiger partial charge in [0.25, 0.3) is 0 Å². The number of carboxylic acid groups (broad SMARTS) is 1. The first kappa shape index (κ1) is 20.7. The Morgan fingerprint density at radius 1 is 0.692 bits per heavy atom. The summed E-state index contributed by atoms with van der Waals surface area (Å²) in [4.78, 5) is 11.9. The van der Waals surface area contributed by atoms with Crippen molar-refractivity contribution >= 4 is 51.7 Å². The maximum atomic E-state index is 8.89. The quantitative estimate of drug-likeness (QED) is 0.520. The molecule has 0 bridgehead atoms. The van der Waals surface area contributed by atoms with Crippen LogP contribution in [0.4, 0.5) is 0 Å². The van der Waals surface area contributed by atoms with Crippen LogP contribution >= 0.6 is 34.8 Å². The first-order valence-corrected chi connectivity index (χ1v) is 9.93. The minimum Gasteiger partial charge on any atom is -0.550 e. The average molecular weight is 426 g/mol. The summed E-state index contributed by atoms with van der Waals surface area (Å²) >= 11 is 19.3. The Bertz CT molecular complexity index is 787. The Morgan fingerprint density at radius 3 is 1.15 bits per heavy atom. The number of carboxylic acids is 1. The lowest BCUT2D eigenvalue weighted by Gasteiger charge is -2.11. The van der Waals surface area contributed by atoms with Gasteiger partial charge in [0, 0.05) is 5.97 Å². The third kappa shape index (κ3) is 5.42. The average Bonchev–Trinajstić information content (AvgIpc) is 2.59. The van der Waals surface area contributed by atoms with Gasteiger partial charge >= 0.3 is 0 Å². The fourth-order valence-electron chi connectivity index (χ4n) is 2.19. The SMILES string of the molecule is CC(=O)[O-].Clc1ccccc1[S+](c1ccccc1Cl)c1ccccc1Cl. The van der Waals surface area contributed by atoms with E-state index in [-0.39, 0.29) is 0 Å². The molecule has 3 aromatic rings. The molecule has 3 aromatic carbocycles. The van der Waals surface area contributed by atoms with Crippen molar-refractivity contribution in [3.63, 3.8) is 0 Å². The smallest absolute Gasteiger partial charge is 0.185 e.